The van der Waals surface area contributed by atoms with Gasteiger partial charge in [0.15, 0.2) is 0 Å². The number of halogens is 2. The molecule has 1 aliphatic rings. The van der Waals surface area contributed by atoms with Crippen LogP contribution in [-0.2, 0) is 5.54 Å². The summed E-state index contributed by atoms with van der Waals surface area (Å²) in [5, 5.41) is 13.3. The number of alkyl halides is 2. The minimum absolute atomic E-state index is 0.262. The zero-order valence-corrected chi connectivity index (χ0v) is 10.1. The number of benzene rings is 1. The first-order chi connectivity index (χ1) is 7.94. The summed E-state index contributed by atoms with van der Waals surface area (Å²) in [6.45, 7) is 4.57. The van der Waals surface area contributed by atoms with Crippen LogP contribution in [0.3, 0.4) is 0 Å². The minimum atomic E-state index is -2.64. The molecule has 1 saturated heterocycles. The van der Waals surface area contributed by atoms with Crippen LogP contribution in [0.25, 0.3) is 0 Å². The third-order valence-electron chi connectivity index (χ3n) is 3.48. The van der Waals surface area contributed by atoms with Crippen molar-refractivity contribution in [3.8, 4) is 5.75 Å². The Hall–Kier alpha value is -1.16. The van der Waals surface area contributed by atoms with Crippen LogP contribution < -0.4 is 5.32 Å². The second kappa shape index (κ2) is 4.26. The van der Waals surface area contributed by atoms with Gasteiger partial charge in [-0.15, -0.1) is 0 Å². The van der Waals surface area contributed by atoms with Crippen molar-refractivity contribution in [2.24, 2.45) is 0 Å². The van der Waals surface area contributed by atoms with Crippen molar-refractivity contribution >= 4 is 0 Å². The largest absolute Gasteiger partial charge is 0.507 e. The molecule has 2 N–H and O–H groups in total. The highest BCUT2D eigenvalue weighted by molar-refractivity contribution is 5.48. The third-order valence-corrected chi connectivity index (χ3v) is 3.48. The van der Waals surface area contributed by atoms with Gasteiger partial charge in [0, 0.05) is 11.1 Å². The van der Waals surface area contributed by atoms with E-state index in [1.807, 2.05) is 6.92 Å². The molecule has 1 aromatic carbocycles. The summed E-state index contributed by atoms with van der Waals surface area (Å²) in [5.74, 6) is -0.262. The minimum Gasteiger partial charge on any atom is -0.507 e. The molecule has 4 heteroatoms. The Kier molecular flexibility index (Phi) is 3.08. The summed E-state index contributed by atoms with van der Waals surface area (Å²) in [5.41, 5.74) is 0.683. The first-order valence-electron chi connectivity index (χ1n) is 5.81. The zero-order chi connectivity index (χ0) is 12.6. The lowest BCUT2D eigenvalue weighted by atomic mass is 9.87. The summed E-state index contributed by atoms with van der Waals surface area (Å²) in [6.07, 6.45) is -0.792. The molecular weight excluding hydrogens is 224 g/mol. The summed E-state index contributed by atoms with van der Waals surface area (Å²) in [4.78, 5) is 0. The van der Waals surface area contributed by atoms with Gasteiger partial charge in [-0.2, -0.15) is 0 Å². The van der Waals surface area contributed by atoms with Gasteiger partial charge in [-0.1, -0.05) is 11.6 Å². The molecule has 1 aliphatic heterocycles. The third kappa shape index (κ3) is 2.14. The van der Waals surface area contributed by atoms with Crippen molar-refractivity contribution in [1.82, 2.24) is 5.32 Å². The Bertz CT molecular complexity index is 426. The maximum absolute atomic E-state index is 12.8. The molecule has 0 radical (unpaired) electrons. The Morgan fingerprint density at radius 3 is 2.65 bits per heavy atom. The quantitative estimate of drug-likeness (QED) is 0.833. The molecule has 1 aromatic rings. The van der Waals surface area contributed by atoms with Crippen molar-refractivity contribution in [3.05, 3.63) is 28.8 Å². The van der Waals surface area contributed by atoms with Gasteiger partial charge in [0.05, 0.1) is 5.56 Å². The van der Waals surface area contributed by atoms with Gasteiger partial charge in [-0.3, -0.25) is 0 Å². The van der Waals surface area contributed by atoms with Gasteiger partial charge in [-0.05, 0) is 39.3 Å². The van der Waals surface area contributed by atoms with Crippen LogP contribution in [-0.4, -0.2) is 11.7 Å². The van der Waals surface area contributed by atoms with Crippen molar-refractivity contribution in [1.29, 1.82) is 0 Å². The number of phenols is 1. The number of rotatable bonds is 2. The fourth-order valence-corrected chi connectivity index (χ4v) is 2.52. The molecule has 1 heterocycles. The molecule has 1 unspecified atom stereocenters. The van der Waals surface area contributed by atoms with E-state index in [0.29, 0.717) is 5.56 Å². The van der Waals surface area contributed by atoms with Crippen LogP contribution in [0.5, 0.6) is 5.75 Å². The number of nitrogens with one attached hydrogen (secondary N) is 1. The van der Waals surface area contributed by atoms with Crippen LogP contribution in [0.2, 0.25) is 0 Å². The number of phenolic OH excluding ortho intramolecular Hbond substituents is 1. The summed E-state index contributed by atoms with van der Waals surface area (Å²) < 4.78 is 25.6. The molecule has 1 atom stereocenters. The van der Waals surface area contributed by atoms with Crippen LogP contribution in [0.1, 0.15) is 42.9 Å². The van der Waals surface area contributed by atoms with Gasteiger partial charge >= 0.3 is 0 Å². The van der Waals surface area contributed by atoms with Crippen molar-refractivity contribution in [2.75, 3.05) is 6.54 Å². The Morgan fingerprint density at radius 2 is 2.12 bits per heavy atom. The van der Waals surface area contributed by atoms with E-state index < -0.39 is 6.43 Å². The molecule has 0 saturated carbocycles. The van der Waals surface area contributed by atoms with E-state index in [2.05, 4.69) is 5.32 Å². The molecule has 0 bridgehead atoms. The van der Waals surface area contributed by atoms with Crippen LogP contribution in [0.4, 0.5) is 8.78 Å². The number of aromatic hydroxyl groups is 1. The molecule has 2 nitrogen and oxygen atoms in total. The normalized spacial score (nSPS) is 24.5. The SMILES string of the molecule is Cc1cc(C(F)F)c(O)c(C2(C)CCCN2)c1. The Balaban J connectivity index is 2.53. The fraction of sp³-hybridized carbons (Fsp3) is 0.538. The highest BCUT2D eigenvalue weighted by Crippen LogP contribution is 2.41. The smallest absolute Gasteiger partial charge is 0.267 e. The molecule has 17 heavy (non-hydrogen) atoms. The summed E-state index contributed by atoms with van der Waals surface area (Å²) >= 11 is 0. The lowest BCUT2D eigenvalue weighted by molar-refractivity contribution is 0.146. The van der Waals surface area contributed by atoms with E-state index in [4.69, 9.17) is 0 Å². The lowest BCUT2D eigenvalue weighted by Gasteiger charge is -2.27. The predicted molar refractivity (Wildman–Crippen MR) is 62.4 cm³/mol. The monoisotopic (exact) mass is 241 g/mol. The van der Waals surface area contributed by atoms with Crippen molar-refractivity contribution in [2.45, 2.75) is 38.7 Å². The topological polar surface area (TPSA) is 32.3 Å². The highest BCUT2D eigenvalue weighted by Gasteiger charge is 2.34. The maximum atomic E-state index is 12.8. The van der Waals surface area contributed by atoms with Crippen LogP contribution in [0.15, 0.2) is 12.1 Å². The summed E-state index contributed by atoms with van der Waals surface area (Å²) in [6, 6.07) is 3.14. The molecule has 0 aromatic heterocycles. The first-order valence-corrected chi connectivity index (χ1v) is 5.81. The molecule has 0 aliphatic carbocycles. The second-order valence-electron chi connectivity index (χ2n) is 4.91. The Labute approximate surface area is 99.7 Å². The Morgan fingerprint density at radius 1 is 1.41 bits per heavy atom. The molecule has 0 amide bonds. The van der Waals surface area contributed by atoms with E-state index in [1.54, 1.807) is 13.0 Å². The summed E-state index contributed by atoms with van der Waals surface area (Å²) in [7, 11) is 0. The second-order valence-corrected chi connectivity index (χ2v) is 4.91. The average Bonchev–Trinajstić information content (AvgIpc) is 2.69. The molecule has 1 fully saturated rings. The van der Waals surface area contributed by atoms with E-state index in [1.165, 1.54) is 6.07 Å². The standard InChI is InChI=1S/C13H17F2NO/c1-8-6-9(12(14)15)11(17)10(7-8)13(2)4-3-5-16-13/h6-7,12,16-17H,3-5H2,1-2H3. The van der Waals surface area contributed by atoms with Crippen molar-refractivity contribution < 1.29 is 13.9 Å². The van der Waals surface area contributed by atoms with Crippen molar-refractivity contribution in [3.63, 3.8) is 0 Å². The van der Waals surface area contributed by atoms with Gasteiger partial charge in [0.25, 0.3) is 6.43 Å². The van der Waals surface area contributed by atoms with Crippen LogP contribution >= 0.6 is 0 Å². The van der Waals surface area contributed by atoms with E-state index in [-0.39, 0.29) is 16.9 Å². The van der Waals surface area contributed by atoms with Gasteiger partial charge in [0.2, 0.25) is 0 Å². The molecule has 0 spiro atoms. The van der Waals surface area contributed by atoms with Gasteiger partial charge < -0.3 is 10.4 Å². The average molecular weight is 241 g/mol. The molecular formula is C13H17F2NO. The van der Waals surface area contributed by atoms with Gasteiger partial charge in [-0.25, -0.2) is 8.78 Å². The molecule has 94 valence electrons. The lowest BCUT2D eigenvalue weighted by Crippen LogP contribution is -2.33. The van der Waals surface area contributed by atoms with Crippen LogP contribution in [0, 0.1) is 6.92 Å². The highest BCUT2D eigenvalue weighted by atomic mass is 19.3. The number of aryl methyl sites for hydroxylation is 1. The zero-order valence-electron chi connectivity index (χ0n) is 10.1. The predicted octanol–water partition coefficient (Wildman–Crippen LogP) is 3.24. The number of hydrogen-bond acceptors (Lipinski definition) is 2. The van der Waals surface area contributed by atoms with E-state index in [9.17, 15) is 13.9 Å². The first kappa shape index (κ1) is 12.3. The van der Waals surface area contributed by atoms with E-state index in [0.717, 1.165) is 24.9 Å². The van der Waals surface area contributed by atoms with E-state index >= 15 is 0 Å². The maximum Gasteiger partial charge on any atom is 0.267 e. The number of hydrogen-bond donors (Lipinski definition) is 2. The fourth-order valence-electron chi connectivity index (χ4n) is 2.52. The molecule has 2 rings (SSSR count). The van der Waals surface area contributed by atoms with Gasteiger partial charge in [0.1, 0.15) is 5.75 Å².